The summed E-state index contributed by atoms with van der Waals surface area (Å²) in [6, 6.07) is 8.93. The van der Waals surface area contributed by atoms with E-state index >= 15 is 0 Å². The van der Waals surface area contributed by atoms with Gasteiger partial charge in [-0.3, -0.25) is 14.9 Å². The number of hydroxylamine groups is 2. The third kappa shape index (κ3) is 4.67. The first-order valence-electron chi connectivity index (χ1n) is 11.1. The van der Waals surface area contributed by atoms with Crippen molar-refractivity contribution in [3.8, 4) is 0 Å². The number of imide groups is 1. The molecule has 0 saturated carbocycles. The summed E-state index contributed by atoms with van der Waals surface area (Å²) in [7, 11) is 2.97. The summed E-state index contributed by atoms with van der Waals surface area (Å²) in [5, 5.41) is 7.50. The van der Waals surface area contributed by atoms with Gasteiger partial charge in [0.15, 0.2) is 5.85 Å². The van der Waals surface area contributed by atoms with Gasteiger partial charge in [0.05, 0.1) is 7.11 Å². The number of unbranched alkanes of at least 4 members (excludes halogenated alkanes) is 1. The molecule has 2 saturated heterocycles. The van der Waals surface area contributed by atoms with Gasteiger partial charge in [-0.25, -0.2) is 9.80 Å². The zero-order valence-electron chi connectivity index (χ0n) is 19.0. The van der Waals surface area contributed by atoms with Crippen LogP contribution in [-0.2, 0) is 14.4 Å². The Morgan fingerprint density at radius 1 is 1.19 bits per heavy atom. The van der Waals surface area contributed by atoms with Crippen molar-refractivity contribution in [3.63, 3.8) is 0 Å². The maximum absolute atomic E-state index is 13.2. The van der Waals surface area contributed by atoms with E-state index in [9.17, 15) is 9.59 Å². The number of hydrazine groups is 1. The number of benzene rings is 1. The highest BCUT2D eigenvalue weighted by atomic mass is 16.7. The van der Waals surface area contributed by atoms with Gasteiger partial charge in [-0.2, -0.15) is 5.01 Å². The first-order valence-corrected chi connectivity index (χ1v) is 11.1. The van der Waals surface area contributed by atoms with Crippen LogP contribution in [0.1, 0.15) is 51.5 Å². The molecule has 0 radical (unpaired) electrons. The number of rotatable bonds is 10. The van der Waals surface area contributed by atoms with Gasteiger partial charge in [0.2, 0.25) is 0 Å². The summed E-state index contributed by atoms with van der Waals surface area (Å²) in [4.78, 5) is 31.3. The highest BCUT2D eigenvalue weighted by Crippen LogP contribution is 2.36. The number of amides is 3. The van der Waals surface area contributed by atoms with Crippen molar-refractivity contribution < 1.29 is 19.2 Å². The third-order valence-electron chi connectivity index (χ3n) is 6.10. The first kappa shape index (κ1) is 23.4. The van der Waals surface area contributed by atoms with E-state index in [2.05, 4.69) is 19.2 Å². The van der Waals surface area contributed by atoms with E-state index in [1.165, 1.54) is 12.1 Å². The standard InChI is InChI=1S/C23H34N4O4/c1-5-7-11-18(6-2)17-23(30-3)24-14-15-25(23)26-20(16-19-12-9-8-10-13-19)21(28)27(31-4)22(26)29/h8-10,12-13,16,18,24H,5-7,11,14-15,17H2,1-4H3. The number of methoxy groups -OCH3 is 1. The predicted molar refractivity (Wildman–Crippen MR) is 118 cm³/mol. The number of ether oxygens (including phenoxy) is 1. The van der Waals surface area contributed by atoms with Crippen molar-refractivity contribution in [2.75, 3.05) is 27.3 Å². The van der Waals surface area contributed by atoms with Crippen LogP contribution in [0.25, 0.3) is 6.08 Å². The molecule has 3 amide bonds. The Balaban J connectivity index is 1.98. The van der Waals surface area contributed by atoms with Crippen LogP contribution in [0.15, 0.2) is 36.0 Å². The topological polar surface area (TPSA) is 74.3 Å². The molecule has 1 N–H and O–H groups in total. The van der Waals surface area contributed by atoms with Crippen molar-refractivity contribution in [1.29, 1.82) is 0 Å². The van der Waals surface area contributed by atoms with E-state index in [1.807, 2.05) is 35.3 Å². The highest BCUT2D eigenvalue weighted by molar-refractivity contribution is 6.12. The Bertz CT molecular complexity index is 800. The van der Waals surface area contributed by atoms with Crippen LogP contribution in [0, 0.1) is 5.92 Å². The molecule has 1 aromatic carbocycles. The summed E-state index contributed by atoms with van der Waals surface area (Å²) < 4.78 is 6.01. The van der Waals surface area contributed by atoms with Gasteiger partial charge in [0, 0.05) is 26.6 Å². The molecule has 2 heterocycles. The van der Waals surface area contributed by atoms with Crippen LogP contribution in [-0.4, -0.2) is 60.2 Å². The Labute approximate surface area is 184 Å². The maximum Gasteiger partial charge on any atom is 0.371 e. The highest BCUT2D eigenvalue weighted by Gasteiger charge is 2.53. The average molecular weight is 431 g/mol. The lowest BCUT2D eigenvalue weighted by atomic mass is 9.93. The summed E-state index contributed by atoms with van der Waals surface area (Å²) in [6.07, 6.45) is 6.83. The summed E-state index contributed by atoms with van der Waals surface area (Å²) in [6.45, 7) is 5.54. The largest absolute Gasteiger partial charge is 0.371 e. The summed E-state index contributed by atoms with van der Waals surface area (Å²) in [5.74, 6) is -0.933. The van der Waals surface area contributed by atoms with Gasteiger partial charge in [-0.05, 0) is 17.6 Å². The Morgan fingerprint density at radius 3 is 2.55 bits per heavy atom. The predicted octanol–water partition coefficient (Wildman–Crippen LogP) is 3.58. The molecule has 0 bridgehead atoms. The summed E-state index contributed by atoms with van der Waals surface area (Å²) in [5.41, 5.74) is 1.07. The second-order valence-electron chi connectivity index (χ2n) is 7.98. The van der Waals surface area contributed by atoms with Crippen LogP contribution < -0.4 is 5.32 Å². The smallest absolute Gasteiger partial charge is 0.349 e. The zero-order valence-corrected chi connectivity index (χ0v) is 19.0. The van der Waals surface area contributed by atoms with Gasteiger partial charge in [-0.1, -0.05) is 69.9 Å². The molecule has 2 aliphatic heterocycles. The van der Waals surface area contributed by atoms with Gasteiger partial charge in [0.1, 0.15) is 5.70 Å². The van der Waals surface area contributed by atoms with E-state index in [0.717, 1.165) is 36.3 Å². The minimum absolute atomic E-state index is 0.241. The lowest BCUT2D eigenvalue weighted by Crippen LogP contribution is -2.60. The fourth-order valence-electron chi connectivity index (χ4n) is 4.36. The molecule has 170 valence electrons. The second-order valence-corrected chi connectivity index (χ2v) is 7.98. The number of carbonyl (C=O) groups excluding carboxylic acids is 2. The molecule has 2 fully saturated rings. The molecule has 2 aliphatic rings. The van der Waals surface area contributed by atoms with E-state index in [4.69, 9.17) is 9.57 Å². The molecule has 0 aromatic heterocycles. The number of carbonyl (C=O) groups is 2. The Kier molecular flexibility index (Phi) is 7.83. The van der Waals surface area contributed by atoms with Crippen molar-refractivity contribution in [2.24, 2.45) is 5.92 Å². The van der Waals surface area contributed by atoms with Gasteiger partial charge in [0.25, 0.3) is 0 Å². The van der Waals surface area contributed by atoms with Gasteiger partial charge < -0.3 is 4.74 Å². The van der Waals surface area contributed by atoms with Crippen molar-refractivity contribution in [2.45, 2.75) is 51.8 Å². The van der Waals surface area contributed by atoms with Crippen LogP contribution in [0.3, 0.4) is 0 Å². The molecule has 31 heavy (non-hydrogen) atoms. The second kappa shape index (κ2) is 10.4. The minimum atomic E-state index is -0.871. The molecule has 1 aromatic rings. The number of nitrogens with one attached hydrogen (secondary N) is 1. The maximum atomic E-state index is 13.2. The van der Waals surface area contributed by atoms with E-state index in [0.29, 0.717) is 25.4 Å². The van der Waals surface area contributed by atoms with E-state index in [1.54, 1.807) is 13.2 Å². The molecular formula is C23H34N4O4. The number of hydrogen-bond donors (Lipinski definition) is 1. The minimum Gasteiger partial charge on any atom is -0.349 e. The van der Waals surface area contributed by atoms with Crippen LogP contribution in [0.2, 0.25) is 0 Å². The van der Waals surface area contributed by atoms with E-state index in [-0.39, 0.29) is 5.70 Å². The molecule has 0 spiro atoms. The van der Waals surface area contributed by atoms with Crippen molar-refractivity contribution in [3.05, 3.63) is 41.6 Å². The molecule has 2 atom stereocenters. The monoisotopic (exact) mass is 430 g/mol. The van der Waals surface area contributed by atoms with Gasteiger partial charge >= 0.3 is 11.9 Å². The molecular weight excluding hydrogens is 396 g/mol. The van der Waals surface area contributed by atoms with Crippen LogP contribution >= 0.6 is 0 Å². The fraction of sp³-hybridized carbons (Fsp3) is 0.565. The lowest BCUT2D eigenvalue weighted by Gasteiger charge is -2.42. The fourth-order valence-corrected chi connectivity index (χ4v) is 4.36. The Morgan fingerprint density at radius 2 is 1.94 bits per heavy atom. The normalized spacial score (nSPS) is 24.6. The van der Waals surface area contributed by atoms with E-state index < -0.39 is 17.8 Å². The SMILES string of the molecule is CCCCC(CC)CC1(OC)NCCN1N1C(=O)N(OC)C(=O)C1=Cc1ccccc1. The number of urea groups is 1. The van der Waals surface area contributed by atoms with Crippen LogP contribution in [0.4, 0.5) is 4.79 Å². The molecule has 2 unspecified atom stereocenters. The average Bonchev–Trinajstić information content (AvgIpc) is 3.30. The molecule has 8 nitrogen and oxygen atoms in total. The first-order chi connectivity index (χ1) is 15.0. The summed E-state index contributed by atoms with van der Waals surface area (Å²) >= 11 is 0. The quantitative estimate of drug-likeness (QED) is 0.452. The molecule has 0 aliphatic carbocycles. The zero-order chi connectivity index (χ0) is 22.4. The van der Waals surface area contributed by atoms with Crippen molar-refractivity contribution in [1.82, 2.24) is 20.4 Å². The third-order valence-corrected chi connectivity index (χ3v) is 6.10. The lowest BCUT2D eigenvalue weighted by molar-refractivity contribution is -0.200. The van der Waals surface area contributed by atoms with Crippen molar-refractivity contribution >= 4 is 18.0 Å². The molecule has 3 rings (SSSR count). The Hall–Kier alpha value is -2.26. The number of hydrogen-bond acceptors (Lipinski definition) is 6. The number of nitrogens with zero attached hydrogens (tertiary/aromatic N) is 3. The van der Waals surface area contributed by atoms with Gasteiger partial charge in [-0.15, -0.1) is 5.06 Å². The molecule has 8 heteroatoms. The van der Waals surface area contributed by atoms with Crippen LogP contribution in [0.5, 0.6) is 0 Å².